The predicted molar refractivity (Wildman–Crippen MR) is 109 cm³/mol. The number of benzene rings is 1. The van der Waals surface area contributed by atoms with Gasteiger partial charge in [0.1, 0.15) is 12.6 Å². The highest BCUT2D eigenvalue weighted by Gasteiger charge is 2.24. The van der Waals surface area contributed by atoms with Crippen LogP contribution in [0.3, 0.4) is 0 Å². The molecule has 0 radical (unpaired) electrons. The SMILES string of the molecule is CC(=O)c1c(C)[nH]c(C(=O)C[NH2+][C@@H](c2ccc(C)cc2)c2cccs2)c1C. The fourth-order valence-corrected chi connectivity index (χ4v) is 4.39. The lowest BCUT2D eigenvalue weighted by Gasteiger charge is -2.14. The minimum atomic E-state index is -0.0135. The predicted octanol–water partition coefficient (Wildman–Crippen LogP) is 3.74. The molecule has 27 heavy (non-hydrogen) atoms. The monoisotopic (exact) mass is 381 g/mol. The zero-order valence-corrected chi connectivity index (χ0v) is 16.9. The summed E-state index contributed by atoms with van der Waals surface area (Å²) in [5, 5.41) is 4.13. The molecule has 0 aliphatic rings. The summed E-state index contributed by atoms with van der Waals surface area (Å²) >= 11 is 1.70. The fraction of sp³-hybridized carbons (Fsp3) is 0.273. The van der Waals surface area contributed by atoms with Crippen molar-refractivity contribution in [3.8, 4) is 0 Å². The first-order valence-corrected chi connectivity index (χ1v) is 9.93. The average molecular weight is 382 g/mol. The molecule has 3 N–H and O–H groups in total. The number of aromatic nitrogens is 1. The minimum absolute atomic E-state index is 0.0109. The Labute approximate surface area is 163 Å². The van der Waals surface area contributed by atoms with Gasteiger partial charge >= 0.3 is 0 Å². The molecule has 0 aliphatic heterocycles. The van der Waals surface area contributed by atoms with Crippen molar-refractivity contribution >= 4 is 22.9 Å². The molecule has 140 valence electrons. The van der Waals surface area contributed by atoms with E-state index >= 15 is 0 Å². The second-order valence-electron chi connectivity index (χ2n) is 6.95. The Morgan fingerprint density at radius 2 is 1.81 bits per heavy atom. The Morgan fingerprint density at radius 3 is 2.37 bits per heavy atom. The molecule has 4 nitrogen and oxygen atoms in total. The number of nitrogens with one attached hydrogen (secondary N) is 1. The van der Waals surface area contributed by atoms with Crippen LogP contribution < -0.4 is 5.32 Å². The van der Waals surface area contributed by atoms with Gasteiger partial charge in [0, 0.05) is 16.8 Å². The number of rotatable bonds is 7. The molecule has 0 fully saturated rings. The summed E-state index contributed by atoms with van der Waals surface area (Å²) in [4.78, 5) is 29.0. The third kappa shape index (κ3) is 4.10. The highest BCUT2D eigenvalue weighted by Crippen LogP contribution is 2.23. The van der Waals surface area contributed by atoms with Crippen molar-refractivity contribution in [3.63, 3.8) is 0 Å². The van der Waals surface area contributed by atoms with E-state index in [1.807, 2.05) is 19.9 Å². The van der Waals surface area contributed by atoms with Crippen molar-refractivity contribution in [3.05, 3.63) is 80.3 Å². The molecule has 5 heteroatoms. The van der Waals surface area contributed by atoms with Gasteiger partial charge in [-0.2, -0.15) is 0 Å². The molecule has 3 rings (SSSR count). The molecule has 3 aromatic rings. The zero-order chi connectivity index (χ0) is 19.6. The molecule has 2 aromatic heterocycles. The molecule has 0 aliphatic carbocycles. The Morgan fingerprint density at radius 1 is 1.11 bits per heavy atom. The standard InChI is InChI=1S/C22H24N2O2S/c1-13-7-9-17(10-8-13)22(19-6-5-11-27-19)23-12-18(26)21-14(2)20(16(4)25)15(3)24-21/h5-11,22-24H,12H2,1-4H3/p+1/t22-/m0/s1. The number of aromatic amines is 1. The maximum absolute atomic E-state index is 12.8. The maximum Gasteiger partial charge on any atom is 0.233 e. The highest BCUT2D eigenvalue weighted by molar-refractivity contribution is 7.10. The van der Waals surface area contributed by atoms with Gasteiger partial charge in [-0.25, -0.2) is 0 Å². The third-order valence-corrected chi connectivity index (χ3v) is 5.85. The van der Waals surface area contributed by atoms with Crippen molar-refractivity contribution in [2.24, 2.45) is 0 Å². The molecular formula is C22H25N2O2S+. The molecule has 0 amide bonds. The summed E-state index contributed by atoms with van der Waals surface area (Å²) < 4.78 is 0. The van der Waals surface area contributed by atoms with E-state index in [1.54, 1.807) is 11.3 Å². The average Bonchev–Trinajstić information content (AvgIpc) is 3.24. The number of hydrogen-bond acceptors (Lipinski definition) is 3. The topological polar surface area (TPSA) is 66.5 Å². The number of ketones is 2. The smallest absolute Gasteiger partial charge is 0.233 e. The van der Waals surface area contributed by atoms with Gasteiger partial charge in [0.15, 0.2) is 5.78 Å². The van der Waals surface area contributed by atoms with E-state index < -0.39 is 0 Å². The van der Waals surface area contributed by atoms with Crippen LogP contribution in [0.1, 0.15) is 61.1 Å². The molecule has 0 saturated carbocycles. The van der Waals surface area contributed by atoms with Crippen molar-refractivity contribution in [2.45, 2.75) is 33.7 Å². The lowest BCUT2D eigenvalue weighted by Crippen LogP contribution is -2.87. The Hall–Kier alpha value is -2.50. The number of quaternary nitrogens is 1. The van der Waals surface area contributed by atoms with Gasteiger partial charge in [0.25, 0.3) is 0 Å². The van der Waals surface area contributed by atoms with E-state index in [9.17, 15) is 9.59 Å². The van der Waals surface area contributed by atoms with E-state index in [-0.39, 0.29) is 17.6 Å². The summed E-state index contributed by atoms with van der Waals surface area (Å²) in [5.41, 5.74) is 5.08. The number of H-pyrrole nitrogens is 1. The number of aryl methyl sites for hydroxylation is 2. The van der Waals surface area contributed by atoms with Crippen molar-refractivity contribution in [1.82, 2.24) is 4.98 Å². The van der Waals surface area contributed by atoms with Crippen LogP contribution in [0.2, 0.25) is 0 Å². The maximum atomic E-state index is 12.8. The molecule has 1 atom stereocenters. The molecule has 1 aromatic carbocycles. The van der Waals surface area contributed by atoms with E-state index in [1.165, 1.54) is 22.9 Å². The van der Waals surface area contributed by atoms with Crippen LogP contribution in [0.15, 0.2) is 41.8 Å². The van der Waals surface area contributed by atoms with Crippen LogP contribution in [0.25, 0.3) is 0 Å². The normalized spacial score (nSPS) is 12.1. The Kier molecular flexibility index (Phi) is 5.73. The number of Topliss-reactive ketones (excluding diaryl/α,β-unsaturated/α-hetero) is 2. The first-order valence-electron chi connectivity index (χ1n) is 9.05. The number of nitrogens with two attached hydrogens (primary N) is 1. The lowest BCUT2D eigenvalue weighted by atomic mass is 10.0. The van der Waals surface area contributed by atoms with Gasteiger partial charge < -0.3 is 10.3 Å². The minimum Gasteiger partial charge on any atom is -0.355 e. The molecule has 0 saturated heterocycles. The summed E-state index contributed by atoms with van der Waals surface area (Å²) in [5.74, 6) is -0.00263. The number of hydrogen-bond donors (Lipinski definition) is 2. The van der Waals surface area contributed by atoms with Crippen LogP contribution in [0, 0.1) is 20.8 Å². The van der Waals surface area contributed by atoms with Gasteiger partial charge in [0.2, 0.25) is 5.78 Å². The Bertz CT molecular complexity index is 953. The van der Waals surface area contributed by atoms with E-state index in [2.05, 4.69) is 52.9 Å². The molecular weight excluding hydrogens is 356 g/mol. The third-order valence-electron chi connectivity index (χ3n) is 4.89. The quantitative estimate of drug-likeness (QED) is 0.612. The first-order chi connectivity index (χ1) is 12.9. The summed E-state index contributed by atoms with van der Waals surface area (Å²) in [6.45, 7) is 7.59. The largest absolute Gasteiger partial charge is 0.355 e. The molecule has 0 bridgehead atoms. The molecule has 0 spiro atoms. The van der Waals surface area contributed by atoms with Crippen LogP contribution in [0.4, 0.5) is 0 Å². The van der Waals surface area contributed by atoms with Crippen LogP contribution in [0.5, 0.6) is 0 Å². The number of thiophene rings is 1. The zero-order valence-electron chi connectivity index (χ0n) is 16.1. The van der Waals surface area contributed by atoms with Gasteiger partial charge in [-0.3, -0.25) is 9.59 Å². The summed E-state index contributed by atoms with van der Waals surface area (Å²) in [7, 11) is 0. The van der Waals surface area contributed by atoms with E-state index in [0.717, 1.165) is 11.3 Å². The number of carbonyl (C=O) groups excluding carboxylic acids is 2. The molecule has 2 heterocycles. The highest BCUT2D eigenvalue weighted by atomic mass is 32.1. The second-order valence-corrected chi connectivity index (χ2v) is 7.93. The number of carbonyl (C=O) groups is 2. The van der Waals surface area contributed by atoms with E-state index in [4.69, 9.17) is 0 Å². The van der Waals surface area contributed by atoms with Crippen LogP contribution in [-0.4, -0.2) is 23.1 Å². The van der Waals surface area contributed by atoms with Gasteiger partial charge in [-0.1, -0.05) is 35.9 Å². The lowest BCUT2D eigenvalue weighted by molar-refractivity contribution is -0.675. The fourth-order valence-electron chi connectivity index (χ4n) is 3.54. The van der Waals surface area contributed by atoms with Gasteiger partial charge in [-0.05, 0) is 44.7 Å². The van der Waals surface area contributed by atoms with Crippen molar-refractivity contribution < 1.29 is 14.9 Å². The first kappa shape index (κ1) is 19.3. The van der Waals surface area contributed by atoms with Crippen molar-refractivity contribution in [2.75, 3.05) is 6.54 Å². The molecule has 0 unspecified atom stereocenters. The van der Waals surface area contributed by atoms with Gasteiger partial charge in [0.05, 0.1) is 10.6 Å². The van der Waals surface area contributed by atoms with Crippen molar-refractivity contribution in [1.29, 1.82) is 0 Å². The summed E-state index contributed by atoms with van der Waals surface area (Å²) in [6, 6.07) is 12.7. The summed E-state index contributed by atoms with van der Waals surface area (Å²) in [6.07, 6.45) is 0. The van der Waals surface area contributed by atoms with E-state index in [0.29, 0.717) is 17.8 Å². The van der Waals surface area contributed by atoms with Gasteiger partial charge in [-0.15, -0.1) is 11.3 Å². The van der Waals surface area contributed by atoms with Crippen LogP contribution >= 0.6 is 11.3 Å². The van der Waals surface area contributed by atoms with Crippen LogP contribution in [-0.2, 0) is 0 Å². The Balaban J connectivity index is 1.82. The second kappa shape index (κ2) is 8.03.